The van der Waals surface area contributed by atoms with Crippen molar-refractivity contribution in [1.29, 1.82) is 0 Å². The lowest BCUT2D eigenvalue weighted by atomic mass is 10.1. The van der Waals surface area contributed by atoms with Crippen LogP contribution in [0.5, 0.6) is 0 Å². The molecule has 2 aromatic rings. The van der Waals surface area contributed by atoms with Gasteiger partial charge in [-0.25, -0.2) is 9.78 Å². The minimum Gasteiger partial charge on any atom is -0.460 e. The third kappa shape index (κ3) is 2.45. The Morgan fingerprint density at radius 1 is 1.28 bits per heavy atom. The van der Waals surface area contributed by atoms with Crippen molar-refractivity contribution >= 4 is 11.8 Å². The number of esters is 1. The average molecular weight is 244 g/mol. The number of carbonyl (C=O) groups is 2. The molecular weight excluding hydrogens is 232 g/mol. The van der Waals surface area contributed by atoms with E-state index < -0.39 is 11.8 Å². The molecular formula is C13H12N2O3. The molecule has 0 fully saturated rings. The number of carbonyl (C=O) groups excluding carboxylic acids is 2. The number of nitrogens with one attached hydrogen (secondary N) is 1. The minimum absolute atomic E-state index is 0.190. The zero-order valence-electron chi connectivity index (χ0n) is 9.84. The zero-order chi connectivity index (χ0) is 13.0. The summed E-state index contributed by atoms with van der Waals surface area (Å²) in [5.74, 6) is -0.753. The number of aromatic amines is 1. The van der Waals surface area contributed by atoms with Crippen LogP contribution >= 0.6 is 0 Å². The number of H-pyrrole nitrogens is 1. The molecule has 0 bridgehead atoms. The molecule has 1 aromatic heterocycles. The van der Waals surface area contributed by atoms with Crippen molar-refractivity contribution in [3.05, 3.63) is 42.2 Å². The number of benzene rings is 1. The van der Waals surface area contributed by atoms with E-state index in [9.17, 15) is 9.59 Å². The molecule has 5 heteroatoms. The Kier molecular flexibility index (Phi) is 3.52. The molecule has 92 valence electrons. The van der Waals surface area contributed by atoms with Crippen molar-refractivity contribution in [2.45, 2.75) is 6.92 Å². The van der Waals surface area contributed by atoms with E-state index in [1.165, 1.54) is 0 Å². The highest BCUT2D eigenvalue weighted by Gasteiger charge is 2.17. The summed E-state index contributed by atoms with van der Waals surface area (Å²) in [6.07, 6.45) is 3.36. The molecule has 1 N–H and O–H groups in total. The molecule has 0 saturated carbocycles. The van der Waals surface area contributed by atoms with E-state index in [-0.39, 0.29) is 6.61 Å². The summed E-state index contributed by atoms with van der Waals surface area (Å²) in [5, 5.41) is 0. The maximum atomic E-state index is 11.6. The monoisotopic (exact) mass is 244 g/mol. The van der Waals surface area contributed by atoms with E-state index in [1.807, 2.05) is 0 Å². The molecule has 0 unspecified atom stereocenters. The van der Waals surface area contributed by atoms with Gasteiger partial charge in [0.1, 0.15) is 5.82 Å². The van der Waals surface area contributed by atoms with Crippen molar-refractivity contribution in [2.24, 2.45) is 0 Å². The number of ether oxygens (including phenoxy) is 1. The summed E-state index contributed by atoms with van der Waals surface area (Å²) in [5.41, 5.74) is 1.16. The van der Waals surface area contributed by atoms with E-state index >= 15 is 0 Å². The predicted octanol–water partition coefficient (Wildman–Crippen LogP) is 1.82. The van der Waals surface area contributed by atoms with E-state index in [4.69, 9.17) is 0 Å². The smallest absolute Gasteiger partial charge is 0.379 e. The van der Waals surface area contributed by atoms with E-state index in [1.54, 1.807) is 43.6 Å². The summed E-state index contributed by atoms with van der Waals surface area (Å²) in [7, 11) is 0. The van der Waals surface area contributed by atoms with E-state index in [0.717, 1.165) is 5.56 Å². The van der Waals surface area contributed by atoms with Crippen LogP contribution in [0.4, 0.5) is 0 Å². The van der Waals surface area contributed by atoms with Crippen LogP contribution < -0.4 is 0 Å². The lowest BCUT2D eigenvalue weighted by molar-refractivity contribution is -0.137. The topological polar surface area (TPSA) is 72.1 Å². The van der Waals surface area contributed by atoms with Crippen molar-refractivity contribution in [1.82, 2.24) is 9.97 Å². The van der Waals surface area contributed by atoms with Gasteiger partial charge in [-0.1, -0.05) is 24.3 Å². The Morgan fingerprint density at radius 2 is 2.00 bits per heavy atom. The van der Waals surface area contributed by atoms with Gasteiger partial charge in [-0.15, -0.1) is 0 Å². The Morgan fingerprint density at radius 3 is 2.56 bits per heavy atom. The Bertz CT molecular complexity index is 544. The second-order valence-electron chi connectivity index (χ2n) is 3.56. The second kappa shape index (κ2) is 5.27. The van der Waals surface area contributed by atoms with Crippen LogP contribution in [0, 0.1) is 0 Å². The average Bonchev–Trinajstić information content (AvgIpc) is 2.92. The van der Waals surface area contributed by atoms with Crippen LogP contribution in [0.1, 0.15) is 17.3 Å². The lowest BCUT2D eigenvalue weighted by Gasteiger charge is -2.02. The number of aromatic nitrogens is 2. The normalized spacial score (nSPS) is 10.1. The highest BCUT2D eigenvalue weighted by Crippen LogP contribution is 2.15. The van der Waals surface area contributed by atoms with Crippen molar-refractivity contribution in [3.63, 3.8) is 0 Å². The third-order valence-electron chi connectivity index (χ3n) is 2.38. The number of nitrogens with zero attached hydrogens (tertiary/aromatic N) is 1. The van der Waals surface area contributed by atoms with Crippen LogP contribution in [0.3, 0.4) is 0 Å². The summed E-state index contributed by atoms with van der Waals surface area (Å²) in [6.45, 7) is 1.85. The Labute approximate surface area is 104 Å². The summed E-state index contributed by atoms with van der Waals surface area (Å²) < 4.78 is 4.65. The Balaban J connectivity index is 2.18. The van der Waals surface area contributed by atoms with E-state index in [2.05, 4.69) is 14.7 Å². The van der Waals surface area contributed by atoms with Crippen molar-refractivity contribution in [2.75, 3.05) is 6.61 Å². The molecule has 0 aliphatic rings. The van der Waals surface area contributed by atoms with Gasteiger partial charge in [-0.2, -0.15) is 0 Å². The molecule has 1 aromatic carbocycles. The largest absolute Gasteiger partial charge is 0.460 e. The molecule has 0 saturated heterocycles. The van der Waals surface area contributed by atoms with Crippen LogP contribution in [0.25, 0.3) is 11.4 Å². The fourth-order valence-electron chi connectivity index (χ4n) is 1.52. The van der Waals surface area contributed by atoms with Gasteiger partial charge in [0.25, 0.3) is 5.78 Å². The van der Waals surface area contributed by atoms with Crippen LogP contribution in [0.2, 0.25) is 0 Å². The summed E-state index contributed by atoms with van der Waals surface area (Å²) >= 11 is 0. The SMILES string of the molecule is CCOC(=O)C(=O)c1ccc(-c2ncc[nH]2)cc1. The molecule has 0 amide bonds. The highest BCUT2D eigenvalue weighted by atomic mass is 16.5. The predicted molar refractivity (Wildman–Crippen MR) is 65.0 cm³/mol. The Hall–Kier alpha value is -2.43. The second-order valence-corrected chi connectivity index (χ2v) is 3.56. The van der Waals surface area contributed by atoms with Crippen molar-refractivity contribution < 1.29 is 14.3 Å². The fourth-order valence-corrected chi connectivity index (χ4v) is 1.52. The number of ketones is 1. The molecule has 0 aliphatic heterocycles. The van der Waals surface area contributed by atoms with Gasteiger partial charge >= 0.3 is 5.97 Å². The molecule has 18 heavy (non-hydrogen) atoms. The lowest BCUT2D eigenvalue weighted by Crippen LogP contribution is -2.17. The molecule has 0 spiro atoms. The first-order valence-corrected chi connectivity index (χ1v) is 5.53. The highest BCUT2D eigenvalue weighted by molar-refractivity contribution is 6.40. The number of Topliss-reactive ketones (excluding diaryl/α,β-unsaturated/α-hetero) is 1. The fraction of sp³-hybridized carbons (Fsp3) is 0.154. The minimum atomic E-state index is -0.830. The van der Waals surface area contributed by atoms with E-state index in [0.29, 0.717) is 11.4 Å². The number of hydrogen-bond acceptors (Lipinski definition) is 4. The third-order valence-corrected chi connectivity index (χ3v) is 2.38. The van der Waals surface area contributed by atoms with Gasteiger partial charge in [-0.3, -0.25) is 4.79 Å². The maximum Gasteiger partial charge on any atom is 0.379 e. The van der Waals surface area contributed by atoms with Gasteiger partial charge in [-0.05, 0) is 6.92 Å². The van der Waals surface area contributed by atoms with Gasteiger partial charge in [0.15, 0.2) is 0 Å². The molecule has 2 rings (SSSR count). The number of rotatable bonds is 4. The standard InChI is InChI=1S/C13H12N2O3/c1-2-18-13(17)11(16)9-3-5-10(6-4-9)12-14-7-8-15-12/h3-8H,2H2,1H3,(H,14,15). The first-order chi connectivity index (χ1) is 8.72. The van der Waals surface area contributed by atoms with Gasteiger partial charge in [0, 0.05) is 23.5 Å². The molecule has 0 aliphatic carbocycles. The van der Waals surface area contributed by atoms with Gasteiger partial charge in [0.05, 0.1) is 6.61 Å². The molecule has 0 atom stereocenters. The van der Waals surface area contributed by atoms with Gasteiger partial charge in [0.2, 0.25) is 0 Å². The summed E-state index contributed by atoms with van der Waals surface area (Å²) in [4.78, 5) is 30.0. The quantitative estimate of drug-likeness (QED) is 0.506. The van der Waals surface area contributed by atoms with Crippen molar-refractivity contribution in [3.8, 4) is 11.4 Å². The number of imidazole rings is 1. The maximum absolute atomic E-state index is 11.6. The number of hydrogen-bond donors (Lipinski definition) is 1. The summed E-state index contributed by atoms with van der Waals surface area (Å²) in [6, 6.07) is 6.62. The zero-order valence-corrected chi connectivity index (χ0v) is 9.84. The first-order valence-electron chi connectivity index (χ1n) is 5.53. The molecule has 5 nitrogen and oxygen atoms in total. The molecule has 1 heterocycles. The van der Waals surface area contributed by atoms with Crippen LogP contribution in [-0.4, -0.2) is 28.3 Å². The van der Waals surface area contributed by atoms with Crippen LogP contribution in [-0.2, 0) is 9.53 Å². The van der Waals surface area contributed by atoms with Crippen LogP contribution in [0.15, 0.2) is 36.7 Å². The van der Waals surface area contributed by atoms with Gasteiger partial charge < -0.3 is 9.72 Å². The molecule has 0 radical (unpaired) electrons. The first kappa shape index (κ1) is 12.0.